The zero-order valence-electron chi connectivity index (χ0n) is 19.5. The molecule has 8 nitrogen and oxygen atoms in total. The van der Waals surface area contributed by atoms with Crippen LogP contribution in [0.1, 0.15) is 15.9 Å². The van der Waals surface area contributed by atoms with Crippen LogP contribution >= 0.6 is 11.3 Å². The van der Waals surface area contributed by atoms with Crippen molar-refractivity contribution in [2.24, 2.45) is 4.99 Å². The van der Waals surface area contributed by atoms with Gasteiger partial charge in [-0.2, -0.15) is 9.30 Å². The predicted octanol–water partition coefficient (Wildman–Crippen LogP) is 4.18. The number of aromatic nitrogens is 1. The lowest BCUT2D eigenvalue weighted by Gasteiger charge is -2.17. The van der Waals surface area contributed by atoms with Crippen LogP contribution in [0.5, 0.6) is 11.5 Å². The van der Waals surface area contributed by atoms with Crippen LogP contribution < -0.4 is 14.3 Å². The van der Waals surface area contributed by atoms with E-state index in [4.69, 9.17) is 9.47 Å². The number of benzene rings is 3. The van der Waals surface area contributed by atoms with E-state index in [1.165, 1.54) is 47.0 Å². The third-order valence-corrected chi connectivity index (χ3v) is 8.60. The second kappa shape index (κ2) is 9.73. The van der Waals surface area contributed by atoms with Crippen molar-refractivity contribution in [3.8, 4) is 11.5 Å². The van der Waals surface area contributed by atoms with Crippen molar-refractivity contribution in [2.75, 3.05) is 13.8 Å². The number of thiazole rings is 1. The molecule has 0 fully saturated rings. The Hall–Kier alpha value is -3.73. The minimum Gasteiger partial charge on any atom is -0.454 e. The summed E-state index contributed by atoms with van der Waals surface area (Å²) < 4.78 is 41.0. The van der Waals surface area contributed by atoms with E-state index >= 15 is 0 Å². The minimum absolute atomic E-state index is 0.107. The summed E-state index contributed by atoms with van der Waals surface area (Å²) in [7, 11) is -2.19. The number of nitrogens with zero attached hydrogens (tertiary/aromatic N) is 3. The fourth-order valence-corrected chi connectivity index (χ4v) is 6.08. The number of allylic oxidation sites excluding steroid dienone is 1. The largest absolute Gasteiger partial charge is 0.454 e. The molecule has 0 bridgehead atoms. The Balaban J connectivity index is 1.42. The number of sulfonamides is 1. The molecule has 3 aromatic carbocycles. The highest BCUT2D eigenvalue weighted by Crippen LogP contribution is 2.37. The van der Waals surface area contributed by atoms with Gasteiger partial charge in [0.05, 0.1) is 15.1 Å². The molecule has 0 radical (unpaired) electrons. The van der Waals surface area contributed by atoms with E-state index < -0.39 is 15.9 Å². The van der Waals surface area contributed by atoms with Crippen LogP contribution in [0.2, 0.25) is 0 Å². The van der Waals surface area contributed by atoms with Gasteiger partial charge in [-0.15, -0.1) is 6.58 Å². The monoisotopic (exact) mass is 521 g/mol. The molecule has 0 unspecified atom stereocenters. The number of rotatable bonds is 7. The molecule has 0 saturated heterocycles. The van der Waals surface area contributed by atoms with Gasteiger partial charge in [-0.25, -0.2) is 8.42 Å². The molecule has 1 aliphatic rings. The molecule has 0 spiro atoms. The van der Waals surface area contributed by atoms with Crippen molar-refractivity contribution in [3.05, 3.63) is 95.3 Å². The van der Waals surface area contributed by atoms with Gasteiger partial charge >= 0.3 is 0 Å². The molecule has 184 valence electrons. The molecule has 4 aromatic rings. The molecule has 10 heteroatoms. The van der Waals surface area contributed by atoms with Crippen LogP contribution in [0.4, 0.5) is 0 Å². The molecule has 0 saturated carbocycles. The molecule has 36 heavy (non-hydrogen) atoms. The zero-order valence-corrected chi connectivity index (χ0v) is 21.1. The maximum Gasteiger partial charge on any atom is 0.279 e. The van der Waals surface area contributed by atoms with E-state index in [1.807, 2.05) is 47.0 Å². The van der Waals surface area contributed by atoms with Crippen molar-refractivity contribution in [2.45, 2.75) is 18.0 Å². The summed E-state index contributed by atoms with van der Waals surface area (Å²) in [5.41, 5.74) is 2.03. The highest BCUT2D eigenvalue weighted by Gasteiger charge is 2.22. The number of hydrogen-bond acceptors (Lipinski definition) is 6. The Bertz CT molecular complexity index is 1620. The van der Waals surface area contributed by atoms with E-state index in [-0.39, 0.29) is 23.8 Å². The molecule has 0 aliphatic carbocycles. The summed E-state index contributed by atoms with van der Waals surface area (Å²) in [5.74, 6) is 0.826. The normalized spacial score (nSPS) is 13.4. The summed E-state index contributed by atoms with van der Waals surface area (Å²) in [6.45, 7) is 4.68. The molecular formula is C26H23N3O5S2. The second-order valence-electron chi connectivity index (χ2n) is 8.15. The lowest BCUT2D eigenvalue weighted by molar-refractivity contribution is 0.0997. The van der Waals surface area contributed by atoms with Gasteiger partial charge in [-0.05, 0) is 29.8 Å². The lowest BCUT2D eigenvalue weighted by Crippen LogP contribution is -2.26. The second-order valence-corrected chi connectivity index (χ2v) is 11.2. The Morgan fingerprint density at radius 3 is 2.50 bits per heavy atom. The van der Waals surface area contributed by atoms with Crippen molar-refractivity contribution in [1.82, 2.24) is 8.87 Å². The molecule has 1 amide bonds. The van der Waals surface area contributed by atoms with Crippen LogP contribution in [0, 0.1) is 0 Å². The Morgan fingerprint density at radius 1 is 1.11 bits per heavy atom. The van der Waals surface area contributed by atoms with Gasteiger partial charge < -0.3 is 14.0 Å². The predicted molar refractivity (Wildman–Crippen MR) is 138 cm³/mol. The van der Waals surface area contributed by atoms with Crippen molar-refractivity contribution < 1.29 is 22.7 Å². The SMILES string of the molecule is C=CCn1c(=NC(=O)c2ccc(S(=O)(=O)N(C)Cc3ccccc3)cc2)sc2cc3c(cc21)OCO3. The van der Waals surface area contributed by atoms with Gasteiger partial charge in [0.15, 0.2) is 16.3 Å². The van der Waals surface area contributed by atoms with Gasteiger partial charge in [0.1, 0.15) is 0 Å². The fourth-order valence-electron chi connectivity index (χ4n) is 3.88. The van der Waals surface area contributed by atoms with Crippen molar-refractivity contribution >= 4 is 37.5 Å². The van der Waals surface area contributed by atoms with Gasteiger partial charge in [0, 0.05) is 37.8 Å². The molecule has 1 aromatic heterocycles. The molecule has 2 heterocycles. The standard InChI is InChI=1S/C26H23N3O5S2/c1-3-13-29-21-14-22-23(34-17-33-22)15-24(21)35-26(29)27-25(30)19-9-11-20(12-10-19)36(31,32)28(2)16-18-7-5-4-6-8-18/h3-12,14-15H,1,13,16-17H2,2H3. The average molecular weight is 522 g/mol. The Kier molecular flexibility index (Phi) is 6.48. The van der Waals surface area contributed by atoms with E-state index in [0.717, 1.165) is 15.8 Å². The number of hydrogen-bond donors (Lipinski definition) is 0. The third kappa shape index (κ3) is 4.58. The van der Waals surface area contributed by atoms with Gasteiger partial charge in [0.25, 0.3) is 5.91 Å². The van der Waals surface area contributed by atoms with E-state index in [0.29, 0.717) is 22.8 Å². The lowest BCUT2D eigenvalue weighted by atomic mass is 10.2. The van der Waals surface area contributed by atoms with Crippen molar-refractivity contribution in [3.63, 3.8) is 0 Å². The van der Waals surface area contributed by atoms with E-state index in [9.17, 15) is 13.2 Å². The molecule has 0 N–H and O–H groups in total. The Labute approximate surface area is 212 Å². The number of amides is 1. The van der Waals surface area contributed by atoms with Crippen LogP contribution in [-0.4, -0.2) is 37.0 Å². The van der Waals surface area contributed by atoms with Crippen LogP contribution in [-0.2, 0) is 23.1 Å². The summed E-state index contributed by atoms with van der Waals surface area (Å²) >= 11 is 1.35. The van der Waals surface area contributed by atoms with E-state index in [2.05, 4.69) is 11.6 Å². The van der Waals surface area contributed by atoms with Gasteiger partial charge in [0.2, 0.25) is 16.8 Å². The third-order valence-electron chi connectivity index (χ3n) is 5.74. The highest BCUT2D eigenvalue weighted by molar-refractivity contribution is 7.89. The summed E-state index contributed by atoms with van der Waals surface area (Å²) in [6, 6.07) is 18.9. The number of ether oxygens (including phenoxy) is 2. The summed E-state index contributed by atoms with van der Waals surface area (Å²) in [5, 5.41) is 0. The van der Waals surface area contributed by atoms with Crippen LogP contribution in [0.25, 0.3) is 10.2 Å². The highest BCUT2D eigenvalue weighted by atomic mass is 32.2. The minimum atomic E-state index is -3.72. The first kappa shape index (κ1) is 24.0. The van der Waals surface area contributed by atoms with Gasteiger partial charge in [-0.3, -0.25) is 4.79 Å². The first-order valence-electron chi connectivity index (χ1n) is 11.1. The smallest absolute Gasteiger partial charge is 0.279 e. The molecular weight excluding hydrogens is 498 g/mol. The maximum absolute atomic E-state index is 13.0. The van der Waals surface area contributed by atoms with Crippen LogP contribution in [0.15, 0.2) is 89.3 Å². The zero-order chi connectivity index (χ0) is 25.3. The number of carbonyl (C=O) groups is 1. The quantitative estimate of drug-likeness (QED) is 0.341. The van der Waals surface area contributed by atoms with E-state index in [1.54, 1.807) is 6.08 Å². The maximum atomic E-state index is 13.0. The van der Waals surface area contributed by atoms with Crippen molar-refractivity contribution in [1.29, 1.82) is 0 Å². The van der Waals surface area contributed by atoms with Crippen LogP contribution in [0.3, 0.4) is 0 Å². The molecule has 5 rings (SSSR count). The Morgan fingerprint density at radius 2 is 1.81 bits per heavy atom. The topological polar surface area (TPSA) is 90.2 Å². The van der Waals surface area contributed by atoms with Gasteiger partial charge in [-0.1, -0.05) is 47.7 Å². The summed E-state index contributed by atoms with van der Waals surface area (Å²) in [6.07, 6.45) is 1.73. The first-order chi connectivity index (χ1) is 17.4. The molecule has 1 aliphatic heterocycles. The average Bonchev–Trinajstić information content (AvgIpc) is 3.47. The molecule has 0 atom stereocenters. The number of fused-ring (bicyclic) bond motifs is 2. The fraction of sp³-hybridized carbons (Fsp3) is 0.154. The number of carbonyl (C=O) groups excluding carboxylic acids is 1. The first-order valence-corrected chi connectivity index (χ1v) is 13.4. The summed E-state index contributed by atoms with van der Waals surface area (Å²) in [4.78, 5) is 17.9.